The number of nitrogens with one attached hydrogen (secondary N) is 1. The first kappa shape index (κ1) is 20.9. The van der Waals surface area contributed by atoms with Crippen LogP contribution in [0.4, 0.5) is 0 Å². The topological polar surface area (TPSA) is 128 Å². The van der Waals surface area contributed by atoms with Gasteiger partial charge in [0.1, 0.15) is 5.69 Å². The summed E-state index contributed by atoms with van der Waals surface area (Å²) in [5.41, 5.74) is 0.217. The fourth-order valence-corrected chi connectivity index (χ4v) is 2.99. The van der Waals surface area contributed by atoms with E-state index < -0.39 is 27.9 Å². The number of ether oxygens (including phenoxy) is 2. The number of unbranched alkanes of at least 4 members (excludes halogenated alkanes) is 1. The average Bonchev–Trinajstić information content (AvgIpc) is 3.00. The zero-order valence-corrected chi connectivity index (χ0v) is 15.6. The van der Waals surface area contributed by atoms with Crippen molar-refractivity contribution in [3.63, 3.8) is 0 Å². The van der Waals surface area contributed by atoms with Gasteiger partial charge in [-0.05, 0) is 19.8 Å². The zero-order valence-electron chi connectivity index (χ0n) is 14.8. The first-order valence-corrected chi connectivity index (χ1v) is 10.0. The van der Waals surface area contributed by atoms with E-state index >= 15 is 0 Å². The predicted molar refractivity (Wildman–Crippen MR) is 97.2 cm³/mol. The van der Waals surface area contributed by atoms with Crippen LogP contribution in [0.15, 0.2) is 41.2 Å². The molecule has 1 aromatic carbocycles. The van der Waals surface area contributed by atoms with Gasteiger partial charge in [-0.1, -0.05) is 30.3 Å². The van der Waals surface area contributed by atoms with Gasteiger partial charge in [-0.25, -0.2) is 9.48 Å². The Morgan fingerprint density at radius 1 is 1.26 bits per heavy atom. The van der Waals surface area contributed by atoms with Crippen LogP contribution in [0.3, 0.4) is 0 Å². The molecule has 0 amide bonds. The first-order valence-electron chi connectivity index (χ1n) is 8.42. The molecule has 0 aliphatic heterocycles. The summed E-state index contributed by atoms with van der Waals surface area (Å²) < 4.78 is 42.1. The number of esters is 1. The molecule has 0 saturated heterocycles. The molecule has 0 aliphatic carbocycles. The summed E-state index contributed by atoms with van der Waals surface area (Å²) in [6.45, 7) is 1.99. The molecule has 0 fully saturated rings. The second-order valence-corrected chi connectivity index (χ2v) is 7.30. The molecule has 0 spiro atoms. The number of aromatic amines is 1. The van der Waals surface area contributed by atoms with Gasteiger partial charge in [0.25, 0.3) is 15.7 Å². The molecule has 2 aromatic rings. The monoisotopic (exact) mass is 398 g/mol. The lowest BCUT2D eigenvalue weighted by Crippen LogP contribution is -2.25. The fourth-order valence-electron chi connectivity index (χ4n) is 2.42. The van der Waals surface area contributed by atoms with Crippen molar-refractivity contribution in [3.05, 3.63) is 58.0 Å². The third-order valence-electron chi connectivity index (χ3n) is 3.63. The van der Waals surface area contributed by atoms with Gasteiger partial charge in [-0.2, -0.15) is 8.42 Å². The standard InChI is InChI=1S/C17H22N2O7S/c1-2-25-17(21)14-12-15(20)19(18-14)16(13-8-4-3-5-9-13)26-10-6-7-11-27(22,23)24/h3-5,8-9,12,16,18H,2,6-7,10-11H2,1H3,(H,22,23,24). The number of H-pyrrole nitrogens is 1. The lowest BCUT2D eigenvalue weighted by molar-refractivity contribution is 0.0192. The van der Waals surface area contributed by atoms with Crippen LogP contribution in [-0.4, -0.2) is 47.7 Å². The number of nitrogens with zero attached hydrogens (tertiary/aromatic N) is 1. The zero-order chi connectivity index (χ0) is 19.9. The number of benzene rings is 1. The molecule has 1 atom stereocenters. The van der Waals surface area contributed by atoms with Gasteiger partial charge < -0.3 is 9.47 Å². The average molecular weight is 398 g/mol. The van der Waals surface area contributed by atoms with Crippen LogP contribution >= 0.6 is 0 Å². The lowest BCUT2D eigenvalue weighted by Gasteiger charge is -2.19. The van der Waals surface area contributed by atoms with Crippen molar-refractivity contribution in [1.82, 2.24) is 9.78 Å². The minimum absolute atomic E-state index is 0.0118. The molecule has 27 heavy (non-hydrogen) atoms. The maximum Gasteiger partial charge on any atom is 0.356 e. The molecular formula is C17H22N2O7S. The summed E-state index contributed by atoms with van der Waals surface area (Å²) in [5.74, 6) is -1.00. The predicted octanol–water partition coefficient (Wildman–Crippen LogP) is 1.58. The summed E-state index contributed by atoms with van der Waals surface area (Å²) in [6.07, 6.45) is -0.246. The number of rotatable bonds is 10. The Kier molecular flexibility index (Phi) is 7.34. The molecule has 0 radical (unpaired) electrons. The number of aromatic nitrogens is 2. The molecule has 10 heteroatoms. The van der Waals surface area contributed by atoms with E-state index in [1.165, 1.54) is 4.68 Å². The Balaban J connectivity index is 2.16. The molecular weight excluding hydrogens is 376 g/mol. The number of carbonyl (C=O) groups is 1. The summed E-state index contributed by atoms with van der Waals surface area (Å²) in [5, 5.41) is 2.70. The fraction of sp³-hybridized carbons (Fsp3) is 0.412. The van der Waals surface area contributed by atoms with Gasteiger partial charge in [-0.3, -0.25) is 14.4 Å². The Labute approximate surface area is 156 Å². The van der Waals surface area contributed by atoms with Crippen molar-refractivity contribution in [2.45, 2.75) is 26.0 Å². The Morgan fingerprint density at radius 3 is 2.59 bits per heavy atom. The molecule has 2 rings (SSSR count). The molecule has 1 unspecified atom stereocenters. The summed E-state index contributed by atoms with van der Waals surface area (Å²) in [6, 6.07) is 10.0. The van der Waals surface area contributed by atoms with E-state index in [1.807, 2.05) is 6.07 Å². The summed E-state index contributed by atoms with van der Waals surface area (Å²) in [7, 11) is -4.02. The molecule has 0 saturated carbocycles. The van der Waals surface area contributed by atoms with E-state index in [0.717, 1.165) is 6.07 Å². The SMILES string of the molecule is CCOC(=O)c1cc(=O)n(C(OCCCCS(=O)(=O)O)c2ccccc2)[nH]1. The molecule has 1 heterocycles. The maximum atomic E-state index is 12.3. The maximum absolute atomic E-state index is 12.3. The van der Waals surface area contributed by atoms with Crippen LogP contribution in [0.5, 0.6) is 0 Å². The molecule has 0 aliphatic rings. The van der Waals surface area contributed by atoms with Crippen LogP contribution in [-0.2, 0) is 19.6 Å². The Hall–Kier alpha value is -2.43. The third-order valence-corrected chi connectivity index (χ3v) is 4.44. The van der Waals surface area contributed by atoms with Gasteiger partial charge in [0.2, 0.25) is 0 Å². The van der Waals surface area contributed by atoms with Crippen LogP contribution < -0.4 is 5.56 Å². The normalized spacial score (nSPS) is 12.7. The largest absolute Gasteiger partial charge is 0.461 e. The van der Waals surface area contributed by atoms with Gasteiger partial charge in [0.15, 0.2) is 6.23 Å². The van der Waals surface area contributed by atoms with Crippen molar-refractivity contribution in [1.29, 1.82) is 0 Å². The highest BCUT2D eigenvalue weighted by atomic mass is 32.2. The minimum Gasteiger partial charge on any atom is -0.461 e. The van der Waals surface area contributed by atoms with E-state index in [2.05, 4.69) is 5.10 Å². The quantitative estimate of drug-likeness (QED) is 0.353. The van der Waals surface area contributed by atoms with E-state index in [4.69, 9.17) is 14.0 Å². The lowest BCUT2D eigenvalue weighted by atomic mass is 10.2. The highest BCUT2D eigenvalue weighted by Crippen LogP contribution is 2.18. The Morgan fingerprint density at radius 2 is 1.96 bits per heavy atom. The van der Waals surface area contributed by atoms with Gasteiger partial charge in [0, 0.05) is 18.2 Å². The van der Waals surface area contributed by atoms with E-state index in [1.54, 1.807) is 31.2 Å². The van der Waals surface area contributed by atoms with Crippen LogP contribution in [0.1, 0.15) is 42.0 Å². The van der Waals surface area contributed by atoms with Crippen LogP contribution in [0.25, 0.3) is 0 Å². The van der Waals surface area contributed by atoms with Gasteiger partial charge in [-0.15, -0.1) is 0 Å². The van der Waals surface area contributed by atoms with E-state index in [9.17, 15) is 18.0 Å². The molecule has 1 aromatic heterocycles. The van der Waals surface area contributed by atoms with Gasteiger partial charge >= 0.3 is 5.97 Å². The Bertz CT molecular complexity index is 903. The number of carbonyl (C=O) groups excluding carboxylic acids is 1. The number of hydrogen-bond donors (Lipinski definition) is 2. The molecule has 0 bridgehead atoms. The molecule has 2 N–H and O–H groups in total. The van der Waals surface area contributed by atoms with E-state index in [0.29, 0.717) is 12.0 Å². The minimum atomic E-state index is -4.02. The number of hydrogen-bond acceptors (Lipinski definition) is 6. The first-order chi connectivity index (χ1) is 12.8. The smallest absolute Gasteiger partial charge is 0.356 e. The molecule has 148 valence electrons. The van der Waals surface area contributed by atoms with Crippen LogP contribution in [0.2, 0.25) is 0 Å². The van der Waals surface area contributed by atoms with Gasteiger partial charge in [0.05, 0.1) is 12.4 Å². The second-order valence-electron chi connectivity index (χ2n) is 5.73. The van der Waals surface area contributed by atoms with Crippen molar-refractivity contribution in [3.8, 4) is 0 Å². The third kappa shape index (κ3) is 6.35. The highest BCUT2D eigenvalue weighted by Gasteiger charge is 2.20. The second kappa shape index (κ2) is 9.49. The molecule has 9 nitrogen and oxygen atoms in total. The van der Waals surface area contributed by atoms with Crippen molar-refractivity contribution in [2.24, 2.45) is 0 Å². The van der Waals surface area contributed by atoms with E-state index in [-0.39, 0.29) is 31.1 Å². The van der Waals surface area contributed by atoms with Crippen molar-refractivity contribution in [2.75, 3.05) is 19.0 Å². The summed E-state index contributed by atoms with van der Waals surface area (Å²) in [4.78, 5) is 24.2. The summed E-state index contributed by atoms with van der Waals surface area (Å²) >= 11 is 0. The highest BCUT2D eigenvalue weighted by molar-refractivity contribution is 7.85. The van der Waals surface area contributed by atoms with Crippen molar-refractivity contribution < 1.29 is 27.2 Å². The van der Waals surface area contributed by atoms with Crippen molar-refractivity contribution >= 4 is 16.1 Å². The van der Waals surface area contributed by atoms with Crippen LogP contribution in [0, 0.1) is 0 Å².